The Labute approximate surface area is 122 Å². The van der Waals surface area contributed by atoms with Crippen molar-refractivity contribution < 1.29 is 4.79 Å². The third-order valence-corrected chi connectivity index (χ3v) is 4.15. The van der Waals surface area contributed by atoms with E-state index in [9.17, 15) is 4.79 Å². The number of rotatable bonds is 2. The first-order chi connectivity index (χ1) is 7.75. The molecule has 0 N–H and O–H groups in total. The van der Waals surface area contributed by atoms with Crippen LogP contribution in [0.15, 0.2) is 30.3 Å². The smallest absolute Gasteiger partial charge is 0.135 e. The van der Waals surface area contributed by atoms with Crippen LogP contribution in [-0.4, -0.2) is 21.3 Å². The molecule has 1 unspecified atom stereocenters. The van der Waals surface area contributed by atoms with Gasteiger partial charge in [-0.05, 0) is 18.5 Å². The number of carbonyl (C=O) groups is 1. The maximum Gasteiger partial charge on any atom is 0.135 e. The van der Waals surface area contributed by atoms with Crippen molar-refractivity contribution in [2.45, 2.75) is 29.9 Å². The number of ketones is 1. The first-order valence-corrected chi connectivity index (χ1v) is 6.94. The van der Waals surface area contributed by atoms with Gasteiger partial charge in [-0.3, -0.25) is 9.69 Å². The molecule has 17 heavy (non-hydrogen) atoms. The fourth-order valence-corrected chi connectivity index (χ4v) is 3.00. The molecule has 0 amide bonds. The maximum absolute atomic E-state index is 11.5. The largest absolute Gasteiger partial charge is 0.300 e. The second-order valence-electron chi connectivity index (χ2n) is 4.24. The van der Waals surface area contributed by atoms with Crippen molar-refractivity contribution in [3.63, 3.8) is 0 Å². The molecule has 0 bridgehead atoms. The SMILES string of the molecule is Cl.O=C1CCCN(Cc2ccccc2)C(I)C1. The Bertz CT molecular complexity index is 358. The van der Waals surface area contributed by atoms with Gasteiger partial charge in [0.05, 0.1) is 4.05 Å². The lowest BCUT2D eigenvalue weighted by molar-refractivity contribution is -0.118. The number of likely N-dealkylation sites (tertiary alicyclic amines) is 1. The van der Waals surface area contributed by atoms with Crippen LogP contribution in [0, 0.1) is 0 Å². The summed E-state index contributed by atoms with van der Waals surface area (Å²) >= 11 is 2.39. The summed E-state index contributed by atoms with van der Waals surface area (Å²) in [4.78, 5) is 13.9. The molecule has 0 aliphatic carbocycles. The summed E-state index contributed by atoms with van der Waals surface area (Å²) in [5.41, 5.74) is 1.33. The van der Waals surface area contributed by atoms with Crippen LogP contribution < -0.4 is 0 Å². The van der Waals surface area contributed by atoms with E-state index in [1.165, 1.54) is 5.56 Å². The van der Waals surface area contributed by atoms with E-state index in [1.54, 1.807) is 0 Å². The van der Waals surface area contributed by atoms with Crippen LogP contribution in [0.5, 0.6) is 0 Å². The average molecular weight is 366 g/mol. The molecular formula is C13H17ClINO. The van der Waals surface area contributed by atoms with E-state index in [0.29, 0.717) is 16.3 Å². The first-order valence-electron chi connectivity index (χ1n) is 5.69. The molecule has 1 aliphatic rings. The highest BCUT2D eigenvalue weighted by atomic mass is 127. The summed E-state index contributed by atoms with van der Waals surface area (Å²) in [5, 5.41) is 0. The van der Waals surface area contributed by atoms with Crippen molar-refractivity contribution in [1.29, 1.82) is 0 Å². The Hall–Kier alpha value is -0.130. The lowest BCUT2D eigenvalue weighted by Crippen LogP contribution is -2.30. The van der Waals surface area contributed by atoms with Crippen LogP contribution >= 0.6 is 35.0 Å². The molecule has 0 saturated carbocycles. The summed E-state index contributed by atoms with van der Waals surface area (Å²) in [6.07, 6.45) is 2.46. The highest BCUT2D eigenvalue weighted by molar-refractivity contribution is 14.1. The van der Waals surface area contributed by atoms with Gasteiger partial charge in [0.25, 0.3) is 0 Å². The predicted octanol–water partition coefficient (Wildman–Crippen LogP) is 3.42. The molecule has 0 aromatic heterocycles. The minimum atomic E-state index is 0. The van der Waals surface area contributed by atoms with E-state index in [1.807, 2.05) is 6.07 Å². The predicted molar refractivity (Wildman–Crippen MR) is 80.8 cm³/mol. The molecule has 1 aliphatic heterocycles. The number of hydrogen-bond donors (Lipinski definition) is 0. The standard InChI is InChI=1S/C13H16INO.ClH/c14-13-9-12(16)7-4-8-15(13)10-11-5-2-1-3-6-11;/h1-3,5-6,13H,4,7-10H2;1H. The van der Waals surface area contributed by atoms with Gasteiger partial charge in [-0.15, -0.1) is 12.4 Å². The van der Waals surface area contributed by atoms with Crippen LogP contribution in [0.25, 0.3) is 0 Å². The van der Waals surface area contributed by atoms with Crippen molar-refractivity contribution in [3.8, 4) is 0 Å². The van der Waals surface area contributed by atoms with Crippen molar-refractivity contribution >= 4 is 40.8 Å². The van der Waals surface area contributed by atoms with Crippen LogP contribution in [0.2, 0.25) is 0 Å². The fraction of sp³-hybridized carbons (Fsp3) is 0.462. The molecule has 1 atom stereocenters. The Morgan fingerprint density at radius 3 is 2.71 bits per heavy atom. The second-order valence-corrected chi connectivity index (χ2v) is 5.67. The Morgan fingerprint density at radius 1 is 1.29 bits per heavy atom. The average Bonchev–Trinajstić information content (AvgIpc) is 2.43. The lowest BCUT2D eigenvalue weighted by Gasteiger charge is -2.24. The number of alkyl halides is 1. The molecular weight excluding hydrogens is 349 g/mol. The van der Waals surface area contributed by atoms with Crippen molar-refractivity contribution in [1.82, 2.24) is 4.90 Å². The van der Waals surface area contributed by atoms with Gasteiger partial charge in [-0.25, -0.2) is 0 Å². The molecule has 1 fully saturated rings. The lowest BCUT2D eigenvalue weighted by atomic mass is 10.2. The summed E-state index contributed by atoms with van der Waals surface area (Å²) in [7, 11) is 0. The van der Waals surface area contributed by atoms with Crippen molar-refractivity contribution in [2.24, 2.45) is 0 Å². The number of hydrogen-bond acceptors (Lipinski definition) is 2. The quantitative estimate of drug-likeness (QED) is 0.455. The van der Waals surface area contributed by atoms with Gasteiger partial charge in [-0.2, -0.15) is 0 Å². The van der Waals surface area contributed by atoms with E-state index >= 15 is 0 Å². The van der Waals surface area contributed by atoms with Crippen LogP contribution in [-0.2, 0) is 11.3 Å². The Kier molecular flexibility index (Phi) is 6.44. The zero-order valence-corrected chi connectivity index (χ0v) is 12.6. The van der Waals surface area contributed by atoms with E-state index in [4.69, 9.17) is 0 Å². The fourth-order valence-electron chi connectivity index (χ4n) is 2.03. The molecule has 1 heterocycles. The van der Waals surface area contributed by atoms with E-state index in [0.717, 1.165) is 25.9 Å². The summed E-state index contributed by atoms with van der Waals surface area (Å²) < 4.78 is 0.354. The van der Waals surface area contributed by atoms with Gasteiger partial charge in [0.2, 0.25) is 0 Å². The highest BCUT2D eigenvalue weighted by Crippen LogP contribution is 2.21. The van der Waals surface area contributed by atoms with Gasteiger partial charge in [0.1, 0.15) is 5.78 Å². The molecule has 2 rings (SSSR count). The van der Waals surface area contributed by atoms with Gasteiger partial charge in [0, 0.05) is 19.4 Å². The third-order valence-electron chi connectivity index (χ3n) is 2.92. The second kappa shape index (κ2) is 7.34. The zero-order valence-electron chi connectivity index (χ0n) is 9.64. The number of nitrogens with zero attached hydrogens (tertiary/aromatic N) is 1. The van der Waals surface area contributed by atoms with Crippen molar-refractivity contribution in [2.75, 3.05) is 6.54 Å². The van der Waals surface area contributed by atoms with E-state index in [2.05, 4.69) is 51.8 Å². The molecule has 4 heteroatoms. The van der Waals surface area contributed by atoms with Gasteiger partial charge in [-0.1, -0.05) is 52.9 Å². The Balaban J connectivity index is 0.00000144. The molecule has 1 aromatic carbocycles. The van der Waals surface area contributed by atoms with Gasteiger partial charge in [0.15, 0.2) is 0 Å². The Morgan fingerprint density at radius 2 is 2.00 bits per heavy atom. The monoisotopic (exact) mass is 365 g/mol. The number of halogens is 2. The molecule has 0 spiro atoms. The zero-order chi connectivity index (χ0) is 11.4. The minimum absolute atomic E-state index is 0. The van der Waals surface area contributed by atoms with Gasteiger partial charge < -0.3 is 0 Å². The summed E-state index contributed by atoms with van der Waals surface area (Å²) in [6.45, 7) is 2.00. The number of carbonyl (C=O) groups excluding carboxylic acids is 1. The van der Waals surface area contributed by atoms with Crippen LogP contribution in [0.1, 0.15) is 24.8 Å². The van der Waals surface area contributed by atoms with E-state index < -0.39 is 0 Å². The molecule has 94 valence electrons. The van der Waals surface area contributed by atoms with Crippen LogP contribution in [0.4, 0.5) is 0 Å². The molecule has 1 aromatic rings. The minimum Gasteiger partial charge on any atom is -0.300 e. The van der Waals surface area contributed by atoms with E-state index in [-0.39, 0.29) is 12.4 Å². The summed E-state index contributed by atoms with van der Waals surface area (Å²) in [6, 6.07) is 10.5. The van der Waals surface area contributed by atoms with Crippen molar-refractivity contribution in [3.05, 3.63) is 35.9 Å². The van der Waals surface area contributed by atoms with Crippen LogP contribution in [0.3, 0.4) is 0 Å². The van der Waals surface area contributed by atoms with Gasteiger partial charge >= 0.3 is 0 Å². The maximum atomic E-state index is 11.5. The summed E-state index contributed by atoms with van der Waals surface area (Å²) in [5.74, 6) is 0.412. The number of Topliss-reactive ketones (excluding diaryl/α,β-unsaturated/α-hetero) is 1. The molecule has 0 radical (unpaired) electrons. The first kappa shape index (κ1) is 14.9. The normalized spacial score (nSPS) is 21.7. The molecule has 1 saturated heterocycles. The highest BCUT2D eigenvalue weighted by Gasteiger charge is 2.22. The molecule has 2 nitrogen and oxygen atoms in total. The topological polar surface area (TPSA) is 20.3 Å². The third kappa shape index (κ3) is 4.56. The number of benzene rings is 1.